The molecule has 0 aliphatic heterocycles. The molecular weight excluding hydrogens is 284 g/mol. The summed E-state index contributed by atoms with van der Waals surface area (Å²) in [6, 6.07) is 11.4. The van der Waals surface area contributed by atoms with Crippen molar-refractivity contribution in [2.45, 2.75) is 13.0 Å². The SMILES string of the molecule is O=C(Cc1cccs1)NCc1ccnc(-c2ccco2)c1. The lowest BCUT2D eigenvalue weighted by Gasteiger charge is -2.05. The van der Waals surface area contributed by atoms with Crippen LogP contribution in [0.3, 0.4) is 0 Å². The zero-order valence-corrected chi connectivity index (χ0v) is 12.1. The number of thiophene rings is 1. The number of pyridine rings is 1. The molecule has 3 heterocycles. The number of carbonyl (C=O) groups is 1. The van der Waals surface area contributed by atoms with E-state index in [0.717, 1.165) is 21.9 Å². The maximum Gasteiger partial charge on any atom is 0.225 e. The molecule has 1 N–H and O–H groups in total. The van der Waals surface area contributed by atoms with Gasteiger partial charge in [-0.2, -0.15) is 0 Å². The lowest BCUT2D eigenvalue weighted by Crippen LogP contribution is -2.24. The van der Waals surface area contributed by atoms with Crippen molar-refractivity contribution >= 4 is 17.2 Å². The van der Waals surface area contributed by atoms with Gasteiger partial charge >= 0.3 is 0 Å². The second-order valence-corrected chi connectivity index (χ2v) is 5.59. The van der Waals surface area contributed by atoms with E-state index in [0.29, 0.717) is 13.0 Å². The Labute approximate surface area is 126 Å². The van der Waals surface area contributed by atoms with Crippen LogP contribution in [0.4, 0.5) is 0 Å². The molecule has 0 aliphatic carbocycles. The smallest absolute Gasteiger partial charge is 0.225 e. The summed E-state index contributed by atoms with van der Waals surface area (Å²) in [7, 11) is 0. The monoisotopic (exact) mass is 298 g/mol. The second-order valence-electron chi connectivity index (χ2n) is 4.56. The summed E-state index contributed by atoms with van der Waals surface area (Å²) in [5.41, 5.74) is 1.76. The van der Waals surface area contributed by atoms with Crippen LogP contribution in [-0.2, 0) is 17.8 Å². The van der Waals surface area contributed by atoms with E-state index in [1.54, 1.807) is 23.8 Å². The molecule has 1 amide bonds. The fraction of sp³-hybridized carbons (Fsp3) is 0.125. The van der Waals surface area contributed by atoms with Crippen LogP contribution in [0, 0.1) is 0 Å². The Hall–Kier alpha value is -2.40. The number of carbonyl (C=O) groups excluding carboxylic acids is 1. The standard InChI is InChI=1S/C16H14N2O2S/c19-16(10-13-3-2-8-21-13)18-11-12-5-6-17-14(9-12)15-4-1-7-20-15/h1-9H,10-11H2,(H,18,19). The van der Waals surface area contributed by atoms with E-state index in [1.165, 1.54) is 0 Å². The molecule has 0 atom stereocenters. The predicted octanol–water partition coefficient (Wildman–Crippen LogP) is 3.26. The minimum atomic E-state index is 0.0220. The molecule has 3 rings (SSSR count). The first-order valence-electron chi connectivity index (χ1n) is 6.59. The summed E-state index contributed by atoms with van der Waals surface area (Å²) in [4.78, 5) is 17.2. The van der Waals surface area contributed by atoms with Crippen molar-refractivity contribution in [2.75, 3.05) is 0 Å². The van der Waals surface area contributed by atoms with Crippen LogP contribution < -0.4 is 5.32 Å². The molecule has 0 aliphatic rings. The maximum atomic E-state index is 11.9. The zero-order valence-electron chi connectivity index (χ0n) is 11.3. The maximum absolute atomic E-state index is 11.9. The van der Waals surface area contributed by atoms with Crippen molar-refractivity contribution in [2.24, 2.45) is 0 Å². The average Bonchev–Trinajstić information content (AvgIpc) is 3.19. The lowest BCUT2D eigenvalue weighted by atomic mass is 10.2. The fourth-order valence-corrected chi connectivity index (χ4v) is 2.68. The highest BCUT2D eigenvalue weighted by molar-refractivity contribution is 7.10. The van der Waals surface area contributed by atoms with Crippen LogP contribution in [0.2, 0.25) is 0 Å². The molecule has 0 saturated heterocycles. The quantitative estimate of drug-likeness (QED) is 0.786. The Morgan fingerprint density at radius 2 is 2.24 bits per heavy atom. The largest absolute Gasteiger partial charge is 0.463 e. The summed E-state index contributed by atoms with van der Waals surface area (Å²) in [6.45, 7) is 0.487. The molecule has 3 aromatic heterocycles. The molecule has 21 heavy (non-hydrogen) atoms. The number of nitrogens with one attached hydrogen (secondary N) is 1. The van der Waals surface area contributed by atoms with Crippen LogP contribution in [0.1, 0.15) is 10.4 Å². The summed E-state index contributed by atoms with van der Waals surface area (Å²) in [5, 5.41) is 4.89. The number of amides is 1. The van der Waals surface area contributed by atoms with Crippen LogP contribution in [0.5, 0.6) is 0 Å². The minimum absolute atomic E-state index is 0.0220. The molecule has 0 unspecified atom stereocenters. The van der Waals surface area contributed by atoms with E-state index in [1.807, 2.05) is 41.8 Å². The topological polar surface area (TPSA) is 55.1 Å². The fourth-order valence-electron chi connectivity index (χ4n) is 1.98. The van der Waals surface area contributed by atoms with Gasteiger partial charge in [-0.15, -0.1) is 11.3 Å². The molecule has 0 aromatic carbocycles. The van der Waals surface area contributed by atoms with Gasteiger partial charge in [0.05, 0.1) is 12.7 Å². The number of aromatic nitrogens is 1. The molecular formula is C16H14N2O2S. The van der Waals surface area contributed by atoms with Crippen LogP contribution in [0.25, 0.3) is 11.5 Å². The number of furan rings is 1. The number of hydrogen-bond acceptors (Lipinski definition) is 4. The van der Waals surface area contributed by atoms with E-state index in [2.05, 4.69) is 10.3 Å². The normalized spacial score (nSPS) is 10.5. The van der Waals surface area contributed by atoms with Crippen molar-refractivity contribution in [1.29, 1.82) is 0 Å². The van der Waals surface area contributed by atoms with Crippen LogP contribution in [-0.4, -0.2) is 10.9 Å². The van der Waals surface area contributed by atoms with E-state index in [4.69, 9.17) is 4.42 Å². The molecule has 0 radical (unpaired) electrons. The zero-order chi connectivity index (χ0) is 14.5. The highest BCUT2D eigenvalue weighted by Crippen LogP contribution is 2.18. The van der Waals surface area contributed by atoms with Crippen molar-refractivity contribution in [1.82, 2.24) is 10.3 Å². The van der Waals surface area contributed by atoms with Crippen molar-refractivity contribution in [3.8, 4) is 11.5 Å². The predicted molar refractivity (Wildman–Crippen MR) is 81.8 cm³/mol. The van der Waals surface area contributed by atoms with Crippen molar-refractivity contribution < 1.29 is 9.21 Å². The average molecular weight is 298 g/mol. The lowest BCUT2D eigenvalue weighted by molar-refractivity contribution is -0.120. The molecule has 0 saturated carbocycles. The molecule has 0 spiro atoms. The molecule has 3 aromatic rings. The van der Waals surface area contributed by atoms with Crippen molar-refractivity contribution in [3.63, 3.8) is 0 Å². The van der Waals surface area contributed by atoms with Gasteiger partial charge in [-0.25, -0.2) is 0 Å². The highest BCUT2D eigenvalue weighted by atomic mass is 32.1. The molecule has 0 bridgehead atoms. The van der Waals surface area contributed by atoms with Gasteiger partial charge in [0.2, 0.25) is 5.91 Å². The first kappa shape index (κ1) is 13.6. The molecule has 0 fully saturated rings. The van der Waals surface area contributed by atoms with Gasteiger partial charge in [-0.3, -0.25) is 9.78 Å². The van der Waals surface area contributed by atoms with Gasteiger partial charge in [0, 0.05) is 17.6 Å². The number of nitrogens with zero attached hydrogens (tertiary/aromatic N) is 1. The Morgan fingerprint density at radius 3 is 3.00 bits per heavy atom. The minimum Gasteiger partial charge on any atom is -0.463 e. The Kier molecular flexibility index (Phi) is 4.12. The number of hydrogen-bond donors (Lipinski definition) is 1. The summed E-state index contributed by atoms with van der Waals surface area (Å²) in [6.07, 6.45) is 3.76. The van der Waals surface area contributed by atoms with Gasteiger partial charge in [0.1, 0.15) is 5.69 Å². The first-order valence-corrected chi connectivity index (χ1v) is 7.47. The first-order chi connectivity index (χ1) is 10.3. The molecule has 5 heteroatoms. The Morgan fingerprint density at radius 1 is 1.29 bits per heavy atom. The summed E-state index contributed by atoms with van der Waals surface area (Å²) >= 11 is 1.59. The Bertz CT molecular complexity index is 706. The molecule has 4 nitrogen and oxygen atoms in total. The third kappa shape index (κ3) is 3.58. The van der Waals surface area contributed by atoms with Crippen molar-refractivity contribution in [3.05, 3.63) is 64.7 Å². The van der Waals surface area contributed by atoms with Gasteiger partial charge in [-0.1, -0.05) is 6.07 Å². The Balaban J connectivity index is 1.60. The van der Waals surface area contributed by atoms with Gasteiger partial charge in [-0.05, 0) is 41.3 Å². The second kappa shape index (κ2) is 6.37. The van der Waals surface area contributed by atoms with E-state index < -0.39 is 0 Å². The van der Waals surface area contributed by atoms with E-state index in [-0.39, 0.29) is 5.91 Å². The highest BCUT2D eigenvalue weighted by Gasteiger charge is 2.06. The van der Waals surface area contributed by atoms with Gasteiger partial charge in [0.15, 0.2) is 5.76 Å². The van der Waals surface area contributed by atoms with E-state index in [9.17, 15) is 4.79 Å². The number of rotatable bonds is 5. The molecule has 106 valence electrons. The van der Waals surface area contributed by atoms with Gasteiger partial charge in [0.25, 0.3) is 0 Å². The summed E-state index contributed by atoms with van der Waals surface area (Å²) < 4.78 is 5.32. The third-order valence-corrected chi connectivity index (χ3v) is 3.88. The summed E-state index contributed by atoms with van der Waals surface area (Å²) in [5.74, 6) is 0.746. The van der Waals surface area contributed by atoms with Gasteiger partial charge < -0.3 is 9.73 Å². The third-order valence-electron chi connectivity index (χ3n) is 3.00. The van der Waals surface area contributed by atoms with Crippen LogP contribution >= 0.6 is 11.3 Å². The van der Waals surface area contributed by atoms with Crippen LogP contribution in [0.15, 0.2) is 58.7 Å². The van der Waals surface area contributed by atoms with E-state index >= 15 is 0 Å².